The molecule has 2 bridgehead atoms. The minimum atomic E-state index is -0.540. The summed E-state index contributed by atoms with van der Waals surface area (Å²) in [6.45, 7) is 4.01. The third kappa shape index (κ3) is 2.91. The number of nitrogens with zero attached hydrogens (tertiary/aromatic N) is 3. The van der Waals surface area contributed by atoms with E-state index in [0.29, 0.717) is 29.4 Å². The first-order valence-electron chi connectivity index (χ1n) is 8.76. The maximum absolute atomic E-state index is 13.9. The van der Waals surface area contributed by atoms with Crippen molar-refractivity contribution in [3.8, 4) is 0 Å². The molecule has 0 amide bonds. The third-order valence-corrected chi connectivity index (χ3v) is 5.58. The molecule has 1 aromatic heterocycles. The van der Waals surface area contributed by atoms with Gasteiger partial charge in [-0.25, -0.2) is 9.18 Å². The van der Waals surface area contributed by atoms with Gasteiger partial charge in [0.2, 0.25) is 0 Å². The van der Waals surface area contributed by atoms with Gasteiger partial charge in [0.1, 0.15) is 5.82 Å². The molecule has 134 valence electrons. The Morgan fingerprint density at radius 3 is 2.80 bits per heavy atom. The van der Waals surface area contributed by atoms with Crippen LogP contribution in [0.25, 0.3) is 10.9 Å². The molecule has 0 saturated carbocycles. The molecule has 0 spiro atoms. The van der Waals surface area contributed by atoms with Crippen molar-refractivity contribution in [1.29, 1.82) is 0 Å². The molecule has 3 aliphatic heterocycles. The van der Waals surface area contributed by atoms with Gasteiger partial charge in [-0.1, -0.05) is 0 Å². The normalized spacial score (nSPS) is 25.5. The number of methoxy groups -OCH3 is 1. The molecule has 3 fully saturated rings. The minimum absolute atomic E-state index is 0.233. The second-order valence-electron chi connectivity index (χ2n) is 7.03. The van der Waals surface area contributed by atoms with E-state index in [4.69, 9.17) is 4.74 Å². The highest BCUT2D eigenvalue weighted by Crippen LogP contribution is 2.29. The van der Waals surface area contributed by atoms with Crippen LogP contribution in [0.15, 0.2) is 12.1 Å². The summed E-state index contributed by atoms with van der Waals surface area (Å²) in [6, 6.07) is 3.08. The van der Waals surface area contributed by atoms with Gasteiger partial charge in [-0.2, -0.15) is 5.10 Å². The van der Waals surface area contributed by atoms with Crippen LogP contribution >= 0.6 is 0 Å². The number of aryl methyl sites for hydroxylation is 1. The summed E-state index contributed by atoms with van der Waals surface area (Å²) >= 11 is 0. The van der Waals surface area contributed by atoms with Crippen LogP contribution in [0.5, 0.6) is 0 Å². The predicted molar refractivity (Wildman–Crippen MR) is 91.8 cm³/mol. The van der Waals surface area contributed by atoms with E-state index in [2.05, 4.69) is 15.3 Å². The lowest BCUT2D eigenvalue weighted by Gasteiger charge is -2.45. The maximum Gasteiger partial charge on any atom is 0.338 e. The predicted octanol–water partition coefficient (Wildman–Crippen LogP) is 1.68. The summed E-state index contributed by atoms with van der Waals surface area (Å²) in [5.74, 6) is -0.299. The molecule has 5 rings (SSSR count). The Balaban J connectivity index is 1.64. The minimum Gasteiger partial charge on any atom is -0.465 e. The molecule has 7 heteroatoms. The van der Waals surface area contributed by atoms with Gasteiger partial charge in [-0.15, -0.1) is 0 Å². The number of ether oxygens (including phenoxy) is 1. The molecule has 2 aromatic rings. The number of hydrogen-bond acceptors (Lipinski definition) is 5. The molecule has 3 aliphatic rings. The van der Waals surface area contributed by atoms with Crippen LogP contribution < -0.4 is 5.32 Å². The Kier molecular flexibility index (Phi) is 4.21. The maximum atomic E-state index is 13.9. The quantitative estimate of drug-likeness (QED) is 0.854. The van der Waals surface area contributed by atoms with E-state index >= 15 is 0 Å². The van der Waals surface area contributed by atoms with E-state index in [0.717, 1.165) is 12.2 Å². The molecule has 1 atom stereocenters. The third-order valence-electron chi connectivity index (χ3n) is 5.58. The Bertz CT molecular complexity index is 811. The Labute approximate surface area is 145 Å². The lowest BCUT2D eigenvalue weighted by Crippen LogP contribution is -2.55. The topological polar surface area (TPSA) is 59.4 Å². The first kappa shape index (κ1) is 16.5. The number of piperidine rings is 3. The van der Waals surface area contributed by atoms with Crippen LogP contribution in [0.3, 0.4) is 0 Å². The van der Waals surface area contributed by atoms with Crippen molar-refractivity contribution < 1.29 is 13.9 Å². The van der Waals surface area contributed by atoms with Crippen LogP contribution in [0.4, 0.5) is 4.39 Å². The lowest BCUT2D eigenvalue weighted by molar-refractivity contribution is 0.0602. The summed E-state index contributed by atoms with van der Waals surface area (Å²) in [4.78, 5) is 14.6. The Morgan fingerprint density at radius 1 is 1.40 bits per heavy atom. The molecule has 0 unspecified atom stereocenters. The Hall–Kier alpha value is -1.99. The largest absolute Gasteiger partial charge is 0.465 e. The molecule has 0 aliphatic carbocycles. The number of rotatable bonds is 4. The van der Waals surface area contributed by atoms with Crippen LogP contribution in [-0.2, 0) is 18.3 Å². The standard InChI is InChI=1S/C18H23FN4O2/c1-22-16-8-12(19)7-13(18(24)25-2)17(16)14(21-22)9-20-15-10-23-5-3-11(15)4-6-23/h7-8,11,15,20H,3-6,9-10H2,1-2H3/t15-/m0/s1. The van der Waals surface area contributed by atoms with E-state index in [9.17, 15) is 9.18 Å². The lowest BCUT2D eigenvalue weighted by atomic mass is 9.84. The molecule has 6 nitrogen and oxygen atoms in total. The number of nitrogens with one attached hydrogen (secondary N) is 1. The van der Waals surface area contributed by atoms with Crippen LogP contribution in [0.2, 0.25) is 0 Å². The van der Waals surface area contributed by atoms with Gasteiger partial charge in [-0.05, 0) is 44.0 Å². The van der Waals surface area contributed by atoms with Gasteiger partial charge in [0.15, 0.2) is 0 Å². The summed E-state index contributed by atoms with van der Waals surface area (Å²) in [7, 11) is 3.07. The van der Waals surface area contributed by atoms with Crippen molar-refractivity contribution in [2.75, 3.05) is 26.7 Å². The van der Waals surface area contributed by atoms with Gasteiger partial charge >= 0.3 is 5.97 Å². The zero-order valence-electron chi connectivity index (χ0n) is 14.6. The van der Waals surface area contributed by atoms with E-state index < -0.39 is 11.8 Å². The van der Waals surface area contributed by atoms with Crippen molar-refractivity contribution >= 4 is 16.9 Å². The van der Waals surface area contributed by atoms with Crippen molar-refractivity contribution in [3.05, 3.63) is 29.2 Å². The molecule has 25 heavy (non-hydrogen) atoms. The molecular formula is C18H23FN4O2. The summed E-state index contributed by atoms with van der Waals surface area (Å²) in [5, 5.41) is 8.80. The molecule has 4 heterocycles. The van der Waals surface area contributed by atoms with Crippen LogP contribution in [0.1, 0.15) is 28.9 Å². The highest BCUT2D eigenvalue weighted by atomic mass is 19.1. The van der Waals surface area contributed by atoms with Crippen LogP contribution in [-0.4, -0.2) is 53.4 Å². The fourth-order valence-corrected chi connectivity index (χ4v) is 4.25. The van der Waals surface area contributed by atoms with Gasteiger partial charge < -0.3 is 15.0 Å². The average molecular weight is 346 g/mol. The van der Waals surface area contributed by atoms with Crippen LogP contribution in [0, 0.1) is 11.7 Å². The van der Waals surface area contributed by atoms with Gasteiger partial charge in [0.25, 0.3) is 0 Å². The SMILES string of the molecule is COC(=O)c1cc(F)cc2c1c(CN[C@H]1CN3CCC1CC3)nn2C. The van der Waals surface area contributed by atoms with E-state index in [-0.39, 0.29) is 5.56 Å². The monoisotopic (exact) mass is 346 g/mol. The van der Waals surface area contributed by atoms with Crippen molar-refractivity contribution in [2.24, 2.45) is 13.0 Å². The summed E-state index contributed by atoms with van der Waals surface area (Å²) in [5.41, 5.74) is 1.59. The number of esters is 1. The smallest absolute Gasteiger partial charge is 0.338 e. The van der Waals surface area contributed by atoms with Gasteiger partial charge in [0.05, 0.1) is 23.9 Å². The molecule has 1 N–H and O–H groups in total. The zero-order valence-corrected chi connectivity index (χ0v) is 14.6. The number of aromatic nitrogens is 2. The highest BCUT2D eigenvalue weighted by molar-refractivity contribution is 6.04. The average Bonchev–Trinajstić information content (AvgIpc) is 2.95. The number of halogens is 1. The second-order valence-corrected chi connectivity index (χ2v) is 7.03. The molecular weight excluding hydrogens is 323 g/mol. The van der Waals surface area contributed by atoms with Crippen molar-refractivity contribution in [2.45, 2.75) is 25.4 Å². The van der Waals surface area contributed by atoms with Crippen molar-refractivity contribution in [3.63, 3.8) is 0 Å². The van der Waals surface area contributed by atoms with Gasteiger partial charge in [-0.3, -0.25) is 4.68 Å². The fraction of sp³-hybridized carbons (Fsp3) is 0.556. The number of fused-ring (bicyclic) bond motifs is 4. The zero-order chi connectivity index (χ0) is 17.6. The fourth-order valence-electron chi connectivity index (χ4n) is 4.25. The molecule has 1 aromatic carbocycles. The molecule has 0 radical (unpaired) electrons. The number of carbonyl (C=O) groups excluding carboxylic acids is 1. The van der Waals surface area contributed by atoms with E-state index in [1.165, 1.54) is 45.2 Å². The van der Waals surface area contributed by atoms with Gasteiger partial charge in [0, 0.05) is 31.6 Å². The van der Waals surface area contributed by atoms with Crippen molar-refractivity contribution in [1.82, 2.24) is 20.0 Å². The number of carbonyl (C=O) groups is 1. The van der Waals surface area contributed by atoms with E-state index in [1.54, 1.807) is 11.7 Å². The number of hydrogen-bond donors (Lipinski definition) is 1. The summed E-state index contributed by atoms with van der Waals surface area (Å²) in [6.07, 6.45) is 2.47. The first-order valence-corrected chi connectivity index (χ1v) is 8.76. The number of benzene rings is 1. The molecule has 3 saturated heterocycles. The Morgan fingerprint density at radius 2 is 2.16 bits per heavy atom. The summed E-state index contributed by atoms with van der Waals surface area (Å²) < 4.78 is 20.3. The highest BCUT2D eigenvalue weighted by Gasteiger charge is 2.34. The van der Waals surface area contributed by atoms with E-state index in [1.807, 2.05) is 0 Å². The first-order chi connectivity index (χ1) is 12.1. The second kappa shape index (κ2) is 6.38.